The number of hydrogen-bond donors (Lipinski definition) is 1. The lowest BCUT2D eigenvalue weighted by atomic mass is 10.1. The third kappa shape index (κ3) is 3.46. The fourth-order valence-electron chi connectivity index (χ4n) is 1.77. The van der Waals surface area contributed by atoms with Crippen LogP contribution in [0.25, 0.3) is 0 Å². The van der Waals surface area contributed by atoms with Crippen molar-refractivity contribution in [2.45, 2.75) is 12.5 Å². The highest BCUT2D eigenvalue weighted by Crippen LogP contribution is 1.95. The summed E-state index contributed by atoms with van der Waals surface area (Å²) >= 11 is 0. The van der Waals surface area contributed by atoms with E-state index in [0.717, 1.165) is 4.90 Å². The Morgan fingerprint density at radius 3 is 2.38 bits per heavy atom. The van der Waals surface area contributed by atoms with Gasteiger partial charge in [-0.15, -0.1) is 0 Å². The number of morpholine rings is 1. The summed E-state index contributed by atoms with van der Waals surface area (Å²) in [5.41, 5.74) is 0. The Hall–Kier alpha value is -1.14. The lowest BCUT2D eigenvalue weighted by molar-refractivity contribution is -0.923. The summed E-state index contributed by atoms with van der Waals surface area (Å²) in [6.07, 6.45) is 0.0541. The molecule has 0 aliphatic carbocycles. The van der Waals surface area contributed by atoms with Crippen LogP contribution in [0.15, 0.2) is 0 Å². The third-order valence-corrected chi connectivity index (χ3v) is 2.71. The second-order valence-electron chi connectivity index (χ2n) is 3.63. The monoisotopic (exact) mass is 232 g/mol. The molecule has 0 aromatic heterocycles. The van der Waals surface area contributed by atoms with E-state index in [1.165, 1.54) is 14.2 Å². The van der Waals surface area contributed by atoms with E-state index in [0.29, 0.717) is 26.3 Å². The van der Waals surface area contributed by atoms with E-state index in [2.05, 4.69) is 4.74 Å². The van der Waals surface area contributed by atoms with E-state index < -0.39 is 12.0 Å². The van der Waals surface area contributed by atoms with E-state index in [9.17, 15) is 9.59 Å². The van der Waals surface area contributed by atoms with Crippen molar-refractivity contribution in [3.05, 3.63) is 0 Å². The number of carbonyl (C=O) groups excluding carboxylic acids is 2. The smallest absolute Gasteiger partial charge is 0.365 e. The molecule has 1 aliphatic heterocycles. The highest BCUT2D eigenvalue weighted by Gasteiger charge is 2.34. The molecule has 1 rings (SSSR count). The van der Waals surface area contributed by atoms with Crippen molar-refractivity contribution in [2.24, 2.45) is 0 Å². The third-order valence-electron chi connectivity index (χ3n) is 2.71. The summed E-state index contributed by atoms with van der Waals surface area (Å²) in [5.74, 6) is -0.767. The second kappa shape index (κ2) is 6.44. The quantitative estimate of drug-likeness (QED) is 0.568. The molecule has 1 heterocycles. The first-order valence-corrected chi connectivity index (χ1v) is 5.26. The number of methoxy groups -OCH3 is 2. The average molecular weight is 232 g/mol. The molecule has 92 valence electrons. The molecule has 0 saturated carbocycles. The van der Waals surface area contributed by atoms with Gasteiger partial charge in [-0.2, -0.15) is 0 Å². The van der Waals surface area contributed by atoms with Crippen LogP contribution in [-0.4, -0.2) is 58.5 Å². The largest absolute Gasteiger partial charge is 0.469 e. The summed E-state index contributed by atoms with van der Waals surface area (Å²) in [6, 6.07) is -0.485. The molecule has 0 unspecified atom stereocenters. The van der Waals surface area contributed by atoms with Crippen molar-refractivity contribution < 1.29 is 28.7 Å². The normalized spacial score (nSPS) is 18.9. The van der Waals surface area contributed by atoms with Crippen LogP contribution in [0.3, 0.4) is 0 Å². The molecule has 1 fully saturated rings. The Kier molecular flexibility index (Phi) is 5.21. The Morgan fingerprint density at radius 2 is 1.88 bits per heavy atom. The standard InChI is InChI=1S/C10H17NO5/c1-14-9(12)7-8(10(13)15-2)11-3-5-16-6-4-11/h8H,3-7H2,1-2H3/p+1/t8-/m1/s1. The number of esters is 2. The molecule has 0 aromatic rings. The molecule has 0 spiro atoms. The van der Waals surface area contributed by atoms with Gasteiger partial charge in [0.2, 0.25) is 0 Å². The molecular formula is C10H18NO5+. The Morgan fingerprint density at radius 1 is 1.25 bits per heavy atom. The number of hydrogen-bond acceptors (Lipinski definition) is 5. The van der Waals surface area contributed by atoms with E-state index in [4.69, 9.17) is 9.47 Å². The molecule has 1 atom stereocenters. The minimum absolute atomic E-state index is 0.0541. The first-order chi connectivity index (χ1) is 7.69. The van der Waals surface area contributed by atoms with Gasteiger partial charge in [0.25, 0.3) is 0 Å². The topological polar surface area (TPSA) is 66.3 Å². The van der Waals surface area contributed by atoms with Crippen LogP contribution >= 0.6 is 0 Å². The minimum Gasteiger partial charge on any atom is -0.469 e. The lowest BCUT2D eigenvalue weighted by Gasteiger charge is -2.29. The predicted octanol–water partition coefficient (Wildman–Crippen LogP) is -1.99. The van der Waals surface area contributed by atoms with Gasteiger partial charge in [-0.3, -0.25) is 4.79 Å². The predicted molar refractivity (Wildman–Crippen MR) is 54.0 cm³/mol. The van der Waals surface area contributed by atoms with Crippen LogP contribution in [-0.2, 0) is 23.8 Å². The van der Waals surface area contributed by atoms with Crippen LogP contribution in [0.4, 0.5) is 0 Å². The fourth-order valence-corrected chi connectivity index (χ4v) is 1.77. The van der Waals surface area contributed by atoms with Crippen molar-refractivity contribution in [1.82, 2.24) is 0 Å². The zero-order chi connectivity index (χ0) is 12.0. The van der Waals surface area contributed by atoms with Gasteiger partial charge < -0.3 is 19.1 Å². The summed E-state index contributed by atoms with van der Waals surface area (Å²) < 4.78 is 14.5. The zero-order valence-corrected chi connectivity index (χ0v) is 9.65. The molecule has 0 aromatic carbocycles. The SMILES string of the molecule is COC(=O)C[C@H](C(=O)OC)[NH+]1CCOCC1. The summed E-state index contributed by atoms with van der Waals surface area (Å²) in [5, 5.41) is 0. The molecule has 1 aliphatic rings. The lowest BCUT2D eigenvalue weighted by Crippen LogP contribution is -3.18. The molecule has 6 heteroatoms. The number of nitrogens with one attached hydrogen (secondary N) is 1. The van der Waals surface area contributed by atoms with Crippen LogP contribution in [0.1, 0.15) is 6.42 Å². The average Bonchev–Trinajstić information content (AvgIpc) is 2.35. The van der Waals surface area contributed by atoms with Crippen LogP contribution in [0.2, 0.25) is 0 Å². The van der Waals surface area contributed by atoms with Crippen molar-refractivity contribution in [2.75, 3.05) is 40.5 Å². The Labute approximate surface area is 94.4 Å². The summed E-state index contributed by atoms with van der Waals surface area (Å²) in [4.78, 5) is 23.8. The summed E-state index contributed by atoms with van der Waals surface area (Å²) in [6.45, 7) is 2.61. The maximum absolute atomic E-state index is 11.6. The van der Waals surface area contributed by atoms with Gasteiger partial charge in [0.05, 0.1) is 27.4 Å². The molecule has 0 bridgehead atoms. The van der Waals surface area contributed by atoms with Gasteiger partial charge in [0.15, 0.2) is 6.04 Å². The van der Waals surface area contributed by atoms with Gasteiger partial charge in [0, 0.05) is 0 Å². The molecule has 0 amide bonds. The van der Waals surface area contributed by atoms with E-state index in [-0.39, 0.29) is 12.4 Å². The molecule has 1 saturated heterocycles. The van der Waals surface area contributed by atoms with Gasteiger partial charge in [0.1, 0.15) is 19.5 Å². The molecule has 16 heavy (non-hydrogen) atoms. The van der Waals surface area contributed by atoms with Crippen molar-refractivity contribution in [3.63, 3.8) is 0 Å². The van der Waals surface area contributed by atoms with Gasteiger partial charge in [-0.05, 0) is 0 Å². The Bertz CT molecular complexity index is 250. The van der Waals surface area contributed by atoms with Crippen molar-refractivity contribution >= 4 is 11.9 Å². The number of ether oxygens (including phenoxy) is 3. The molecular weight excluding hydrogens is 214 g/mol. The van der Waals surface area contributed by atoms with E-state index in [1.54, 1.807) is 0 Å². The Balaban J connectivity index is 2.61. The molecule has 1 N–H and O–H groups in total. The van der Waals surface area contributed by atoms with E-state index >= 15 is 0 Å². The van der Waals surface area contributed by atoms with Crippen molar-refractivity contribution in [1.29, 1.82) is 0 Å². The first-order valence-electron chi connectivity index (χ1n) is 5.26. The maximum atomic E-state index is 11.6. The fraction of sp³-hybridized carbons (Fsp3) is 0.800. The molecule has 6 nitrogen and oxygen atoms in total. The number of rotatable bonds is 4. The number of quaternary nitrogens is 1. The summed E-state index contributed by atoms with van der Waals surface area (Å²) in [7, 11) is 2.64. The van der Waals surface area contributed by atoms with Crippen LogP contribution < -0.4 is 4.90 Å². The maximum Gasteiger partial charge on any atom is 0.365 e. The highest BCUT2D eigenvalue weighted by atomic mass is 16.5. The van der Waals surface area contributed by atoms with Crippen LogP contribution in [0, 0.1) is 0 Å². The minimum atomic E-state index is -0.485. The molecule has 0 radical (unpaired) electrons. The van der Waals surface area contributed by atoms with E-state index in [1.807, 2.05) is 0 Å². The van der Waals surface area contributed by atoms with Crippen LogP contribution in [0.5, 0.6) is 0 Å². The van der Waals surface area contributed by atoms with Gasteiger partial charge >= 0.3 is 11.9 Å². The first kappa shape index (κ1) is 12.9. The zero-order valence-electron chi connectivity index (χ0n) is 9.65. The highest BCUT2D eigenvalue weighted by molar-refractivity contribution is 5.81. The second-order valence-corrected chi connectivity index (χ2v) is 3.63. The van der Waals surface area contributed by atoms with Gasteiger partial charge in [-0.1, -0.05) is 0 Å². The number of carbonyl (C=O) groups is 2. The van der Waals surface area contributed by atoms with Crippen molar-refractivity contribution in [3.8, 4) is 0 Å². The van der Waals surface area contributed by atoms with Gasteiger partial charge in [-0.25, -0.2) is 4.79 Å².